The van der Waals surface area contributed by atoms with Crippen molar-refractivity contribution in [1.82, 2.24) is 4.90 Å². The van der Waals surface area contributed by atoms with Gasteiger partial charge in [0.2, 0.25) is 0 Å². The molecule has 0 spiro atoms. The molecule has 0 N–H and O–H groups in total. The number of halogens is 3. The van der Waals surface area contributed by atoms with Crippen LogP contribution in [0.5, 0.6) is 0 Å². The summed E-state index contributed by atoms with van der Waals surface area (Å²) in [5.41, 5.74) is 1.19. The topological polar surface area (TPSA) is 29.5 Å². The SMILES string of the molecule is COC(=O)C1=C(c2ccc(C(F)(F)F)cc2)CN(C)CC1. The van der Waals surface area contributed by atoms with Crippen LogP contribution in [-0.4, -0.2) is 38.1 Å². The maximum Gasteiger partial charge on any atom is 0.416 e. The minimum absolute atomic E-state index is 0.419. The molecule has 0 bridgehead atoms. The molecule has 0 fully saturated rings. The average Bonchev–Trinajstić information content (AvgIpc) is 2.45. The highest BCUT2D eigenvalue weighted by atomic mass is 19.4. The number of likely N-dealkylation sites (N-methyl/N-ethyl adjacent to an activating group) is 1. The lowest BCUT2D eigenvalue weighted by atomic mass is 9.93. The van der Waals surface area contributed by atoms with E-state index in [0.717, 1.165) is 17.7 Å². The molecule has 21 heavy (non-hydrogen) atoms. The Bertz CT molecular complexity index is 561. The van der Waals surface area contributed by atoms with Crippen molar-refractivity contribution in [2.45, 2.75) is 12.6 Å². The molecule has 0 saturated carbocycles. The van der Waals surface area contributed by atoms with Gasteiger partial charge in [-0.2, -0.15) is 13.2 Å². The lowest BCUT2D eigenvalue weighted by Crippen LogP contribution is -2.29. The number of rotatable bonds is 2. The van der Waals surface area contributed by atoms with Gasteiger partial charge in [-0.25, -0.2) is 4.79 Å². The molecule has 2 rings (SSSR count). The first-order valence-corrected chi connectivity index (χ1v) is 6.49. The van der Waals surface area contributed by atoms with Crippen LogP contribution in [0.25, 0.3) is 5.57 Å². The highest BCUT2D eigenvalue weighted by Gasteiger charge is 2.30. The van der Waals surface area contributed by atoms with Gasteiger partial charge >= 0.3 is 12.1 Å². The summed E-state index contributed by atoms with van der Waals surface area (Å²) in [6.45, 7) is 1.23. The van der Waals surface area contributed by atoms with Crippen molar-refractivity contribution in [3.8, 4) is 0 Å². The molecule has 1 aliphatic heterocycles. The molecule has 3 nitrogen and oxygen atoms in total. The molecule has 0 radical (unpaired) electrons. The maximum absolute atomic E-state index is 12.6. The van der Waals surface area contributed by atoms with Crippen LogP contribution in [0.1, 0.15) is 17.5 Å². The van der Waals surface area contributed by atoms with Gasteiger partial charge in [-0.1, -0.05) is 12.1 Å². The second-order valence-corrected chi connectivity index (χ2v) is 5.01. The second-order valence-electron chi connectivity index (χ2n) is 5.01. The summed E-state index contributed by atoms with van der Waals surface area (Å²) < 4.78 is 42.5. The number of hydrogen-bond donors (Lipinski definition) is 0. The first-order valence-electron chi connectivity index (χ1n) is 6.49. The first-order chi connectivity index (χ1) is 9.82. The van der Waals surface area contributed by atoms with Crippen molar-refractivity contribution in [2.75, 3.05) is 27.2 Å². The number of esters is 1. The van der Waals surface area contributed by atoms with Gasteiger partial charge in [0.15, 0.2) is 0 Å². The van der Waals surface area contributed by atoms with Gasteiger partial charge in [-0.05, 0) is 36.7 Å². The predicted octanol–water partition coefficient (Wildman–Crippen LogP) is 2.97. The Kier molecular flexibility index (Phi) is 4.37. The molecule has 0 saturated heterocycles. The Morgan fingerprint density at radius 1 is 1.24 bits per heavy atom. The van der Waals surface area contributed by atoms with Crippen LogP contribution in [0.2, 0.25) is 0 Å². The lowest BCUT2D eigenvalue weighted by Gasteiger charge is -2.27. The van der Waals surface area contributed by atoms with Crippen molar-refractivity contribution in [3.05, 3.63) is 41.0 Å². The van der Waals surface area contributed by atoms with Crippen LogP contribution in [0.4, 0.5) is 13.2 Å². The standard InChI is InChI=1S/C15H16F3NO2/c1-19-8-7-12(14(20)21-2)13(9-19)10-3-5-11(6-4-10)15(16,17)18/h3-6H,7-9H2,1-2H3. The number of nitrogens with zero attached hydrogens (tertiary/aromatic N) is 1. The molecule has 0 aliphatic carbocycles. The van der Waals surface area contributed by atoms with Gasteiger partial charge in [0, 0.05) is 18.7 Å². The minimum atomic E-state index is -4.36. The molecular weight excluding hydrogens is 283 g/mol. The second kappa shape index (κ2) is 5.89. The number of carbonyl (C=O) groups is 1. The largest absolute Gasteiger partial charge is 0.466 e. The Morgan fingerprint density at radius 3 is 2.38 bits per heavy atom. The van der Waals surface area contributed by atoms with E-state index in [-0.39, 0.29) is 0 Å². The highest BCUT2D eigenvalue weighted by Crippen LogP contribution is 2.32. The number of ether oxygens (including phenoxy) is 1. The monoisotopic (exact) mass is 299 g/mol. The van der Waals surface area contributed by atoms with E-state index in [1.54, 1.807) is 0 Å². The van der Waals surface area contributed by atoms with Crippen LogP contribution < -0.4 is 0 Å². The number of benzene rings is 1. The summed E-state index contributed by atoms with van der Waals surface area (Å²) >= 11 is 0. The van der Waals surface area contributed by atoms with E-state index >= 15 is 0 Å². The van der Waals surface area contributed by atoms with E-state index in [9.17, 15) is 18.0 Å². The van der Waals surface area contributed by atoms with Crippen LogP contribution in [0, 0.1) is 0 Å². The van der Waals surface area contributed by atoms with Gasteiger partial charge in [0.25, 0.3) is 0 Å². The third-order valence-corrected chi connectivity index (χ3v) is 3.53. The smallest absolute Gasteiger partial charge is 0.416 e. The molecule has 1 aliphatic rings. The molecule has 0 aromatic heterocycles. The number of methoxy groups -OCH3 is 1. The summed E-state index contributed by atoms with van der Waals surface area (Å²) in [6, 6.07) is 4.87. The summed E-state index contributed by atoms with van der Waals surface area (Å²) in [4.78, 5) is 13.8. The zero-order valence-corrected chi connectivity index (χ0v) is 11.8. The Labute approximate surface area is 121 Å². The van der Waals surface area contributed by atoms with E-state index in [1.165, 1.54) is 19.2 Å². The molecule has 1 aromatic rings. The van der Waals surface area contributed by atoms with E-state index in [1.807, 2.05) is 11.9 Å². The number of hydrogen-bond acceptors (Lipinski definition) is 3. The summed E-state index contributed by atoms with van der Waals surface area (Å²) in [5.74, 6) is -0.419. The van der Waals surface area contributed by atoms with E-state index < -0.39 is 17.7 Å². The quantitative estimate of drug-likeness (QED) is 0.786. The molecule has 0 atom stereocenters. The zero-order chi connectivity index (χ0) is 15.6. The minimum Gasteiger partial charge on any atom is -0.466 e. The average molecular weight is 299 g/mol. The summed E-state index contributed by atoms with van der Waals surface area (Å²) in [6.07, 6.45) is -3.83. The molecule has 1 aromatic carbocycles. The predicted molar refractivity (Wildman–Crippen MR) is 72.5 cm³/mol. The van der Waals surface area contributed by atoms with Crippen LogP contribution in [0.3, 0.4) is 0 Å². The fourth-order valence-electron chi connectivity index (χ4n) is 2.37. The fourth-order valence-corrected chi connectivity index (χ4v) is 2.37. The van der Waals surface area contributed by atoms with Gasteiger partial charge in [0.05, 0.1) is 12.7 Å². The van der Waals surface area contributed by atoms with Gasteiger partial charge in [0.1, 0.15) is 0 Å². The molecule has 6 heteroatoms. The van der Waals surface area contributed by atoms with E-state index in [0.29, 0.717) is 30.6 Å². The normalized spacial score (nSPS) is 17.0. The molecule has 1 heterocycles. The van der Waals surface area contributed by atoms with E-state index in [4.69, 9.17) is 4.74 Å². The number of carbonyl (C=O) groups excluding carboxylic acids is 1. The third-order valence-electron chi connectivity index (χ3n) is 3.53. The summed E-state index contributed by atoms with van der Waals surface area (Å²) in [5, 5.41) is 0. The van der Waals surface area contributed by atoms with Gasteiger partial charge in [-0.3, -0.25) is 0 Å². The Morgan fingerprint density at radius 2 is 1.86 bits per heavy atom. The third kappa shape index (κ3) is 3.44. The zero-order valence-electron chi connectivity index (χ0n) is 11.8. The van der Waals surface area contributed by atoms with Crippen LogP contribution in [0.15, 0.2) is 29.8 Å². The van der Waals surface area contributed by atoms with Crippen molar-refractivity contribution in [2.24, 2.45) is 0 Å². The highest BCUT2D eigenvalue weighted by molar-refractivity contribution is 5.98. The van der Waals surface area contributed by atoms with Crippen molar-refractivity contribution < 1.29 is 22.7 Å². The van der Waals surface area contributed by atoms with Crippen LogP contribution >= 0.6 is 0 Å². The van der Waals surface area contributed by atoms with Crippen molar-refractivity contribution in [1.29, 1.82) is 0 Å². The Hall–Kier alpha value is -1.82. The molecule has 0 unspecified atom stereocenters. The van der Waals surface area contributed by atoms with Gasteiger partial charge < -0.3 is 9.64 Å². The van der Waals surface area contributed by atoms with Crippen molar-refractivity contribution in [3.63, 3.8) is 0 Å². The molecule has 114 valence electrons. The van der Waals surface area contributed by atoms with Crippen LogP contribution in [-0.2, 0) is 15.7 Å². The first kappa shape index (κ1) is 15.6. The summed E-state index contributed by atoms with van der Waals surface area (Å²) in [7, 11) is 3.20. The van der Waals surface area contributed by atoms with E-state index in [2.05, 4.69) is 0 Å². The number of alkyl halides is 3. The van der Waals surface area contributed by atoms with Crippen molar-refractivity contribution >= 4 is 11.5 Å². The van der Waals surface area contributed by atoms with Gasteiger partial charge in [-0.15, -0.1) is 0 Å². The fraction of sp³-hybridized carbons (Fsp3) is 0.400. The molecule has 0 amide bonds. The Balaban J connectivity index is 2.41. The maximum atomic E-state index is 12.6. The lowest BCUT2D eigenvalue weighted by molar-refractivity contribution is -0.138. The molecular formula is C15H16F3NO2.